The highest BCUT2D eigenvalue weighted by Crippen LogP contribution is 2.15. The van der Waals surface area contributed by atoms with E-state index in [1.165, 1.54) is 103 Å². The molecule has 0 N–H and O–H groups in total. The smallest absolute Gasteiger partial charge is 0.306 e. The highest BCUT2D eigenvalue weighted by atomic mass is 16.6. The first-order valence-electron chi connectivity index (χ1n) is 27.6. The monoisotopic (exact) mass is 919 g/mol. The number of allylic oxidation sites excluding steroid dienone is 14. The van der Waals surface area contributed by atoms with Crippen molar-refractivity contribution in [3.05, 3.63) is 85.1 Å². The molecule has 0 aromatic rings. The van der Waals surface area contributed by atoms with Crippen LogP contribution in [0.15, 0.2) is 85.1 Å². The molecular formula is C60H102O6. The topological polar surface area (TPSA) is 78.9 Å². The Bertz CT molecular complexity index is 1290. The molecule has 0 aliphatic heterocycles. The molecular weight excluding hydrogens is 817 g/mol. The van der Waals surface area contributed by atoms with E-state index in [0.717, 1.165) is 116 Å². The molecule has 0 aromatic heterocycles. The van der Waals surface area contributed by atoms with Crippen molar-refractivity contribution in [2.24, 2.45) is 0 Å². The number of rotatable bonds is 49. The van der Waals surface area contributed by atoms with Crippen molar-refractivity contribution >= 4 is 17.9 Å². The van der Waals surface area contributed by atoms with Gasteiger partial charge in [0.25, 0.3) is 0 Å². The van der Waals surface area contributed by atoms with E-state index in [2.05, 4.69) is 106 Å². The summed E-state index contributed by atoms with van der Waals surface area (Å²) in [5, 5.41) is 0. The average Bonchev–Trinajstić information content (AvgIpc) is 3.31. The van der Waals surface area contributed by atoms with Gasteiger partial charge < -0.3 is 14.2 Å². The van der Waals surface area contributed by atoms with Crippen LogP contribution in [0.25, 0.3) is 0 Å². The van der Waals surface area contributed by atoms with Crippen molar-refractivity contribution in [1.29, 1.82) is 0 Å². The van der Waals surface area contributed by atoms with Crippen molar-refractivity contribution in [3.8, 4) is 0 Å². The molecule has 0 heterocycles. The summed E-state index contributed by atoms with van der Waals surface area (Å²) in [4.78, 5) is 38.1. The predicted octanol–water partition coefficient (Wildman–Crippen LogP) is 18.4. The summed E-state index contributed by atoms with van der Waals surface area (Å²) in [6, 6.07) is 0. The van der Waals surface area contributed by atoms with Crippen LogP contribution in [0.4, 0.5) is 0 Å². The molecule has 66 heavy (non-hydrogen) atoms. The maximum Gasteiger partial charge on any atom is 0.306 e. The SMILES string of the molecule is CC/C=C\C/C=C\C/C=C\C/C=C\CCCCCCCCCCC(=O)OCC(COC(=O)CCCCC/C=C\C/C=C\C/C=C\CC)OC(=O)CCCCCCCCCCCCCCCC. The zero-order valence-corrected chi connectivity index (χ0v) is 43.2. The van der Waals surface area contributed by atoms with Gasteiger partial charge in [-0.05, 0) is 89.9 Å². The van der Waals surface area contributed by atoms with E-state index >= 15 is 0 Å². The molecule has 0 radical (unpaired) electrons. The molecule has 0 amide bonds. The van der Waals surface area contributed by atoms with Crippen molar-refractivity contribution in [3.63, 3.8) is 0 Å². The number of hydrogen-bond donors (Lipinski definition) is 0. The lowest BCUT2D eigenvalue weighted by Crippen LogP contribution is -2.30. The summed E-state index contributed by atoms with van der Waals surface area (Å²) >= 11 is 0. The van der Waals surface area contributed by atoms with E-state index in [1.54, 1.807) is 0 Å². The Morgan fingerprint density at radius 1 is 0.318 bits per heavy atom. The standard InChI is InChI=1S/C60H102O6/c1-4-7-10-13-16-19-22-25-27-28-29-30-31-32-33-36-38-41-44-47-50-53-59(62)65-56-57(55-64-58(61)52-49-46-43-40-37-34-24-21-18-15-12-9-6-3)66-60(63)54-51-48-45-42-39-35-26-23-20-17-14-11-8-5-2/h7,9-10,12,16,18-19,21,25,27,29-30,34,37,57H,4-6,8,11,13-15,17,20,22-24,26,28,31-33,35-36,38-56H2,1-3H3/b10-7-,12-9-,19-16-,21-18-,27-25-,30-29-,37-34-. The molecule has 0 spiro atoms. The predicted molar refractivity (Wildman–Crippen MR) is 284 cm³/mol. The number of esters is 3. The first-order chi connectivity index (χ1) is 32.5. The first-order valence-corrected chi connectivity index (χ1v) is 27.6. The Hall–Kier alpha value is -3.41. The highest BCUT2D eigenvalue weighted by molar-refractivity contribution is 5.71. The third kappa shape index (κ3) is 51.6. The van der Waals surface area contributed by atoms with E-state index in [0.29, 0.717) is 19.3 Å². The van der Waals surface area contributed by atoms with Crippen molar-refractivity contribution < 1.29 is 28.6 Å². The van der Waals surface area contributed by atoms with E-state index in [1.807, 2.05) is 0 Å². The van der Waals surface area contributed by atoms with Gasteiger partial charge in [-0.15, -0.1) is 0 Å². The van der Waals surface area contributed by atoms with Gasteiger partial charge in [0.1, 0.15) is 13.2 Å². The molecule has 0 aromatic carbocycles. The third-order valence-electron chi connectivity index (χ3n) is 11.6. The fraction of sp³-hybridized carbons (Fsp3) is 0.717. The summed E-state index contributed by atoms with van der Waals surface area (Å²) in [6.07, 6.45) is 70.0. The largest absolute Gasteiger partial charge is 0.462 e. The maximum atomic E-state index is 12.8. The minimum atomic E-state index is -0.790. The normalized spacial score (nSPS) is 12.7. The van der Waals surface area contributed by atoms with Gasteiger partial charge in [-0.25, -0.2) is 0 Å². The number of unbranched alkanes of at least 4 members (excludes halogenated alkanes) is 24. The summed E-state index contributed by atoms with van der Waals surface area (Å²) in [6.45, 7) is 6.39. The lowest BCUT2D eigenvalue weighted by Gasteiger charge is -2.18. The molecule has 0 aliphatic rings. The summed E-state index contributed by atoms with van der Waals surface area (Å²) in [5.41, 5.74) is 0. The fourth-order valence-electron chi connectivity index (χ4n) is 7.57. The van der Waals surface area contributed by atoms with Gasteiger partial charge >= 0.3 is 17.9 Å². The van der Waals surface area contributed by atoms with Gasteiger partial charge in [-0.3, -0.25) is 14.4 Å². The minimum absolute atomic E-state index is 0.0888. The van der Waals surface area contributed by atoms with E-state index in [-0.39, 0.29) is 31.1 Å². The number of carbonyl (C=O) groups excluding carboxylic acids is 3. The van der Waals surface area contributed by atoms with Crippen LogP contribution in [-0.2, 0) is 28.6 Å². The second-order valence-corrected chi connectivity index (χ2v) is 18.1. The molecule has 378 valence electrons. The zero-order chi connectivity index (χ0) is 47.9. The Kier molecular flexibility index (Phi) is 51.4. The van der Waals surface area contributed by atoms with Crippen LogP contribution >= 0.6 is 0 Å². The van der Waals surface area contributed by atoms with Crippen molar-refractivity contribution in [2.45, 2.75) is 264 Å². The average molecular weight is 919 g/mol. The van der Waals surface area contributed by atoms with Gasteiger partial charge in [-0.2, -0.15) is 0 Å². The van der Waals surface area contributed by atoms with Gasteiger partial charge in [0.15, 0.2) is 6.10 Å². The maximum absolute atomic E-state index is 12.8. The van der Waals surface area contributed by atoms with Crippen molar-refractivity contribution in [2.75, 3.05) is 13.2 Å². The van der Waals surface area contributed by atoms with Crippen LogP contribution in [0.1, 0.15) is 258 Å². The number of ether oxygens (including phenoxy) is 3. The molecule has 0 saturated heterocycles. The van der Waals surface area contributed by atoms with Gasteiger partial charge in [-0.1, -0.05) is 234 Å². The van der Waals surface area contributed by atoms with Gasteiger partial charge in [0.05, 0.1) is 0 Å². The Morgan fingerprint density at radius 2 is 0.591 bits per heavy atom. The molecule has 0 rings (SSSR count). The number of carbonyl (C=O) groups is 3. The van der Waals surface area contributed by atoms with Crippen LogP contribution in [0, 0.1) is 0 Å². The van der Waals surface area contributed by atoms with Crippen LogP contribution in [0.3, 0.4) is 0 Å². The summed E-state index contributed by atoms with van der Waals surface area (Å²) < 4.78 is 16.8. The fourth-order valence-corrected chi connectivity index (χ4v) is 7.57. The molecule has 0 bridgehead atoms. The Morgan fingerprint density at radius 3 is 0.939 bits per heavy atom. The van der Waals surface area contributed by atoms with Crippen LogP contribution in [0.5, 0.6) is 0 Å². The van der Waals surface area contributed by atoms with Crippen LogP contribution < -0.4 is 0 Å². The van der Waals surface area contributed by atoms with Crippen LogP contribution in [-0.4, -0.2) is 37.2 Å². The molecule has 6 heteroatoms. The molecule has 1 unspecified atom stereocenters. The second-order valence-electron chi connectivity index (χ2n) is 18.1. The molecule has 0 saturated carbocycles. The Balaban J connectivity index is 4.38. The van der Waals surface area contributed by atoms with E-state index in [9.17, 15) is 14.4 Å². The minimum Gasteiger partial charge on any atom is -0.462 e. The first kappa shape index (κ1) is 62.6. The summed E-state index contributed by atoms with van der Waals surface area (Å²) in [5.74, 6) is -0.921. The third-order valence-corrected chi connectivity index (χ3v) is 11.6. The lowest BCUT2D eigenvalue weighted by atomic mass is 10.0. The zero-order valence-electron chi connectivity index (χ0n) is 43.2. The molecule has 0 fully saturated rings. The quantitative estimate of drug-likeness (QED) is 0.0262. The van der Waals surface area contributed by atoms with Gasteiger partial charge in [0.2, 0.25) is 0 Å². The summed E-state index contributed by atoms with van der Waals surface area (Å²) in [7, 11) is 0. The Labute approximate surface area is 407 Å². The van der Waals surface area contributed by atoms with E-state index in [4.69, 9.17) is 14.2 Å². The molecule has 1 atom stereocenters. The van der Waals surface area contributed by atoms with Gasteiger partial charge in [0, 0.05) is 19.3 Å². The second kappa shape index (κ2) is 54.2. The van der Waals surface area contributed by atoms with Crippen molar-refractivity contribution in [1.82, 2.24) is 0 Å². The number of hydrogen-bond acceptors (Lipinski definition) is 6. The highest BCUT2D eigenvalue weighted by Gasteiger charge is 2.19. The molecule has 0 aliphatic carbocycles. The van der Waals surface area contributed by atoms with E-state index < -0.39 is 6.10 Å². The van der Waals surface area contributed by atoms with Crippen LogP contribution in [0.2, 0.25) is 0 Å². The molecule has 6 nitrogen and oxygen atoms in total. The lowest BCUT2D eigenvalue weighted by molar-refractivity contribution is -0.167.